The van der Waals surface area contributed by atoms with E-state index in [1.54, 1.807) is 0 Å². The molecular formula is C15H17F3N2O. The predicted octanol–water partition coefficient (Wildman–Crippen LogP) is 3.61. The number of benzene rings is 1. The topological polar surface area (TPSA) is 51.2 Å². The Kier molecular flexibility index (Phi) is 4.69. The first-order valence-corrected chi connectivity index (χ1v) is 6.65. The largest absolute Gasteiger partial charge is 0.464 e. The number of nitrogens with two attached hydrogens (primary N) is 1. The molecule has 1 aromatic carbocycles. The van der Waals surface area contributed by atoms with Gasteiger partial charge in [0.2, 0.25) is 0 Å². The number of hydrogen-bond donors (Lipinski definition) is 2. The quantitative estimate of drug-likeness (QED) is 0.655. The van der Waals surface area contributed by atoms with Gasteiger partial charge in [-0.1, -0.05) is 19.1 Å². The van der Waals surface area contributed by atoms with Gasteiger partial charge in [0.1, 0.15) is 11.5 Å². The Morgan fingerprint density at radius 2 is 1.81 bits per heavy atom. The number of furan rings is 1. The van der Waals surface area contributed by atoms with Crippen LogP contribution < -0.4 is 11.3 Å². The van der Waals surface area contributed by atoms with E-state index in [4.69, 9.17) is 10.3 Å². The lowest BCUT2D eigenvalue weighted by molar-refractivity contribution is -0.137. The molecule has 1 atom stereocenters. The van der Waals surface area contributed by atoms with Crippen molar-refractivity contribution in [2.45, 2.75) is 32.0 Å². The molecular weight excluding hydrogens is 281 g/mol. The van der Waals surface area contributed by atoms with Crippen LogP contribution in [0.4, 0.5) is 13.2 Å². The minimum atomic E-state index is -4.32. The molecule has 1 unspecified atom stereocenters. The first-order valence-electron chi connectivity index (χ1n) is 6.65. The van der Waals surface area contributed by atoms with Crippen molar-refractivity contribution in [3.63, 3.8) is 0 Å². The van der Waals surface area contributed by atoms with Crippen LogP contribution in [-0.2, 0) is 19.0 Å². The number of nitrogens with one attached hydrogen (secondary N) is 1. The lowest BCUT2D eigenvalue weighted by Crippen LogP contribution is -2.29. The van der Waals surface area contributed by atoms with Crippen LogP contribution in [0.15, 0.2) is 40.8 Å². The predicted molar refractivity (Wildman–Crippen MR) is 73.3 cm³/mol. The first-order chi connectivity index (χ1) is 9.94. The first kappa shape index (κ1) is 15.6. The third kappa shape index (κ3) is 3.86. The highest BCUT2D eigenvalue weighted by Crippen LogP contribution is 2.29. The molecule has 1 heterocycles. The number of halogens is 3. The fraction of sp³-hybridized carbons (Fsp3) is 0.333. The summed E-state index contributed by atoms with van der Waals surface area (Å²) in [6.45, 7) is 1.98. The molecule has 0 radical (unpaired) electrons. The van der Waals surface area contributed by atoms with E-state index < -0.39 is 11.7 Å². The molecule has 3 nitrogen and oxygen atoms in total. The van der Waals surface area contributed by atoms with E-state index in [1.165, 1.54) is 12.1 Å². The Hall–Kier alpha value is -1.79. The maximum Gasteiger partial charge on any atom is 0.416 e. The highest BCUT2D eigenvalue weighted by atomic mass is 19.4. The van der Waals surface area contributed by atoms with Crippen molar-refractivity contribution in [1.82, 2.24) is 5.43 Å². The Balaban J connectivity index is 2.11. The molecule has 0 saturated carbocycles. The van der Waals surface area contributed by atoms with Gasteiger partial charge in [-0.05, 0) is 36.2 Å². The van der Waals surface area contributed by atoms with Crippen molar-refractivity contribution in [1.29, 1.82) is 0 Å². The minimum Gasteiger partial charge on any atom is -0.464 e. The van der Waals surface area contributed by atoms with Crippen LogP contribution in [0.3, 0.4) is 0 Å². The van der Waals surface area contributed by atoms with Gasteiger partial charge in [0.05, 0.1) is 11.6 Å². The zero-order valence-corrected chi connectivity index (χ0v) is 11.6. The van der Waals surface area contributed by atoms with E-state index in [-0.39, 0.29) is 6.04 Å². The maximum atomic E-state index is 12.5. The molecule has 3 N–H and O–H groups in total. The van der Waals surface area contributed by atoms with Gasteiger partial charge in [-0.2, -0.15) is 13.2 Å². The SMILES string of the molecule is CCc1ccc(C(Cc2ccc(C(F)(F)F)cc2)NN)o1. The molecule has 0 aliphatic heterocycles. The van der Waals surface area contributed by atoms with Crippen molar-refractivity contribution in [3.8, 4) is 0 Å². The van der Waals surface area contributed by atoms with Crippen LogP contribution in [0.2, 0.25) is 0 Å². The standard InChI is InChI=1S/C15H17F3N2O/c1-2-12-7-8-14(21-12)13(20-19)9-10-3-5-11(6-4-10)15(16,17)18/h3-8,13,20H,2,9,19H2,1H3. The van der Waals surface area contributed by atoms with Crippen LogP contribution in [0.5, 0.6) is 0 Å². The molecule has 114 valence electrons. The van der Waals surface area contributed by atoms with Crippen LogP contribution >= 0.6 is 0 Å². The Labute approximate surface area is 120 Å². The minimum absolute atomic E-state index is 0.276. The summed E-state index contributed by atoms with van der Waals surface area (Å²) in [5.74, 6) is 7.03. The summed E-state index contributed by atoms with van der Waals surface area (Å²) in [5.41, 5.74) is 2.73. The molecule has 2 aromatic rings. The summed E-state index contributed by atoms with van der Waals surface area (Å²) in [4.78, 5) is 0. The van der Waals surface area contributed by atoms with Crippen molar-refractivity contribution < 1.29 is 17.6 Å². The Morgan fingerprint density at radius 1 is 1.14 bits per heavy atom. The van der Waals surface area contributed by atoms with E-state index in [0.717, 1.165) is 29.9 Å². The van der Waals surface area contributed by atoms with Gasteiger partial charge in [0, 0.05) is 6.42 Å². The number of rotatable bonds is 5. The average Bonchev–Trinajstić information content (AvgIpc) is 2.93. The monoisotopic (exact) mass is 298 g/mol. The van der Waals surface area contributed by atoms with Gasteiger partial charge in [-0.3, -0.25) is 5.84 Å². The number of hydrogen-bond acceptors (Lipinski definition) is 3. The number of aryl methyl sites for hydroxylation is 1. The molecule has 21 heavy (non-hydrogen) atoms. The average molecular weight is 298 g/mol. The highest BCUT2D eigenvalue weighted by Gasteiger charge is 2.30. The molecule has 0 fully saturated rings. The maximum absolute atomic E-state index is 12.5. The third-order valence-corrected chi connectivity index (χ3v) is 3.30. The lowest BCUT2D eigenvalue weighted by Gasteiger charge is -2.14. The van der Waals surface area contributed by atoms with E-state index in [1.807, 2.05) is 19.1 Å². The van der Waals surface area contributed by atoms with Crippen molar-refractivity contribution in [2.24, 2.45) is 5.84 Å². The summed E-state index contributed by atoms with van der Waals surface area (Å²) >= 11 is 0. The van der Waals surface area contributed by atoms with Crippen molar-refractivity contribution >= 4 is 0 Å². The van der Waals surface area contributed by atoms with Gasteiger partial charge < -0.3 is 4.42 Å². The Bertz CT molecular complexity index is 575. The summed E-state index contributed by atoms with van der Waals surface area (Å²) in [7, 11) is 0. The molecule has 2 rings (SSSR count). The van der Waals surface area contributed by atoms with Gasteiger partial charge in [0.15, 0.2) is 0 Å². The molecule has 6 heteroatoms. The van der Waals surface area contributed by atoms with E-state index in [0.29, 0.717) is 12.2 Å². The summed E-state index contributed by atoms with van der Waals surface area (Å²) in [6, 6.07) is 8.47. The second kappa shape index (κ2) is 6.32. The molecule has 0 bridgehead atoms. The van der Waals surface area contributed by atoms with E-state index in [2.05, 4.69) is 5.43 Å². The summed E-state index contributed by atoms with van der Waals surface area (Å²) in [6.07, 6.45) is -3.09. The molecule has 1 aromatic heterocycles. The molecule has 0 saturated heterocycles. The lowest BCUT2D eigenvalue weighted by atomic mass is 10.0. The van der Waals surface area contributed by atoms with E-state index >= 15 is 0 Å². The normalized spacial score (nSPS) is 13.4. The third-order valence-electron chi connectivity index (χ3n) is 3.30. The van der Waals surface area contributed by atoms with Gasteiger partial charge in [0.25, 0.3) is 0 Å². The molecule has 0 amide bonds. The smallest absolute Gasteiger partial charge is 0.416 e. The van der Waals surface area contributed by atoms with Gasteiger partial charge >= 0.3 is 6.18 Å². The van der Waals surface area contributed by atoms with Crippen molar-refractivity contribution in [2.75, 3.05) is 0 Å². The molecule has 0 aliphatic carbocycles. The zero-order chi connectivity index (χ0) is 15.5. The molecule has 0 aliphatic rings. The van der Waals surface area contributed by atoms with E-state index in [9.17, 15) is 13.2 Å². The second-order valence-corrected chi connectivity index (χ2v) is 4.78. The van der Waals surface area contributed by atoms with Crippen molar-refractivity contribution in [3.05, 3.63) is 59.0 Å². The van der Waals surface area contributed by atoms with Crippen LogP contribution in [0.1, 0.15) is 35.6 Å². The second-order valence-electron chi connectivity index (χ2n) is 4.78. The van der Waals surface area contributed by atoms with Crippen LogP contribution in [0.25, 0.3) is 0 Å². The fourth-order valence-electron chi connectivity index (χ4n) is 2.08. The van der Waals surface area contributed by atoms with Gasteiger partial charge in [-0.25, -0.2) is 5.43 Å². The number of hydrazine groups is 1. The highest BCUT2D eigenvalue weighted by molar-refractivity contribution is 5.26. The fourth-order valence-corrected chi connectivity index (χ4v) is 2.08. The number of alkyl halides is 3. The zero-order valence-electron chi connectivity index (χ0n) is 11.6. The van der Waals surface area contributed by atoms with Gasteiger partial charge in [-0.15, -0.1) is 0 Å². The van der Waals surface area contributed by atoms with Crippen LogP contribution in [-0.4, -0.2) is 0 Å². The van der Waals surface area contributed by atoms with Crippen LogP contribution in [0, 0.1) is 0 Å². The summed E-state index contributed by atoms with van der Waals surface area (Å²) in [5, 5.41) is 0. The summed E-state index contributed by atoms with van der Waals surface area (Å²) < 4.78 is 43.1. The Morgan fingerprint density at radius 3 is 2.29 bits per heavy atom. The molecule has 0 spiro atoms.